The first kappa shape index (κ1) is 25.8. The highest BCUT2D eigenvalue weighted by Gasteiger charge is 2.29. The Kier molecular flexibility index (Phi) is 7.41. The van der Waals surface area contributed by atoms with Crippen LogP contribution in [0.4, 0.5) is 4.79 Å². The van der Waals surface area contributed by atoms with Crippen molar-refractivity contribution in [1.82, 2.24) is 5.32 Å². The third kappa shape index (κ3) is 5.41. The van der Waals surface area contributed by atoms with Crippen molar-refractivity contribution in [1.29, 1.82) is 0 Å². The zero-order valence-electron chi connectivity index (χ0n) is 21.5. The average Bonchev–Trinajstić information content (AvgIpc) is 3.15. The molecule has 7 heteroatoms. The maximum Gasteiger partial charge on any atom is 0.488 e. The van der Waals surface area contributed by atoms with E-state index in [1.165, 1.54) is 11.1 Å². The van der Waals surface area contributed by atoms with E-state index in [9.17, 15) is 14.8 Å². The van der Waals surface area contributed by atoms with E-state index in [0.29, 0.717) is 5.46 Å². The van der Waals surface area contributed by atoms with Crippen LogP contribution in [0.3, 0.4) is 0 Å². The first-order valence-electron chi connectivity index (χ1n) is 12.2. The topological polar surface area (TPSA) is 78.8 Å². The van der Waals surface area contributed by atoms with Crippen molar-refractivity contribution in [2.24, 2.45) is 0 Å². The number of amides is 1. The van der Waals surface area contributed by atoms with Gasteiger partial charge in [0.25, 0.3) is 0 Å². The summed E-state index contributed by atoms with van der Waals surface area (Å²) in [5.41, 5.74) is 11.7. The Morgan fingerprint density at radius 1 is 1.00 bits per heavy atom. The number of carbonyl (C=O) groups excluding carboxylic acids is 1. The molecule has 5 nitrogen and oxygen atoms in total. The number of benzene rings is 3. The second-order valence-electron chi connectivity index (χ2n) is 10.3. The van der Waals surface area contributed by atoms with Gasteiger partial charge >= 0.3 is 13.2 Å². The minimum Gasteiger partial charge on any atom is -0.449 e. The summed E-state index contributed by atoms with van der Waals surface area (Å²) in [5, 5.41) is 22.7. The fraction of sp³-hybridized carbons (Fsp3) is 0.276. The first-order chi connectivity index (χ1) is 17.1. The van der Waals surface area contributed by atoms with Crippen LogP contribution in [0.1, 0.15) is 39.3 Å². The molecule has 0 aliphatic heterocycles. The van der Waals surface area contributed by atoms with Gasteiger partial charge in [-0.1, -0.05) is 80.2 Å². The van der Waals surface area contributed by atoms with Crippen LogP contribution in [0.5, 0.6) is 0 Å². The summed E-state index contributed by atoms with van der Waals surface area (Å²) in [4.78, 5) is 12.7. The molecule has 3 aromatic carbocycles. The highest BCUT2D eigenvalue weighted by molar-refractivity contribution is 6.83. The molecule has 0 fully saturated rings. The van der Waals surface area contributed by atoms with Gasteiger partial charge in [0.2, 0.25) is 0 Å². The zero-order chi connectivity index (χ0) is 26.0. The van der Waals surface area contributed by atoms with Gasteiger partial charge < -0.3 is 20.1 Å². The largest absolute Gasteiger partial charge is 0.488 e. The van der Waals surface area contributed by atoms with Crippen LogP contribution in [0.15, 0.2) is 54.6 Å². The van der Waals surface area contributed by atoms with Crippen LogP contribution < -0.4 is 10.8 Å². The lowest BCUT2D eigenvalue weighted by Gasteiger charge is -2.17. The smallest absolute Gasteiger partial charge is 0.449 e. The molecule has 0 heterocycles. The van der Waals surface area contributed by atoms with Crippen LogP contribution in [-0.2, 0) is 11.3 Å². The number of hydrogen-bond donors (Lipinski definition) is 3. The summed E-state index contributed by atoms with van der Waals surface area (Å²) in [6.45, 7) is 10.7. The van der Waals surface area contributed by atoms with Gasteiger partial charge in [-0.25, -0.2) is 4.79 Å². The average molecular weight is 497 g/mol. The fourth-order valence-corrected chi connectivity index (χ4v) is 5.20. The van der Waals surface area contributed by atoms with Gasteiger partial charge in [0.15, 0.2) is 0 Å². The molecule has 0 saturated carbocycles. The number of fused-ring (bicyclic) bond motifs is 3. The van der Waals surface area contributed by atoms with Crippen LogP contribution in [-0.4, -0.2) is 37.9 Å². The molecule has 1 aliphatic carbocycles. The van der Waals surface area contributed by atoms with Gasteiger partial charge in [-0.2, -0.15) is 0 Å². The van der Waals surface area contributed by atoms with Gasteiger partial charge in [0.05, 0.1) is 0 Å². The van der Waals surface area contributed by atoms with Crippen molar-refractivity contribution in [2.75, 3.05) is 6.61 Å². The number of alkyl carbamates (subject to hydrolysis) is 1. The molecular weight excluding hydrogens is 465 g/mol. The lowest BCUT2D eigenvalue weighted by molar-refractivity contribution is 0.142. The summed E-state index contributed by atoms with van der Waals surface area (Å²) in [7, 11) is -3.25. The lowest BCUT2D eigenvalue weighted by Crippen LogP contribution is -2.34. The molecule has 0 bridgehead atoms. The van der Waals surface area contributed by atoms with Gasteiger partial charge in [0.1, 0.15) is 14.7 Å². The van der Waals surface area contributed by atoms with Crippen LogP contribution in [0, 0.1) is 25.3 Å². The Labute approximate surface area is 214 Å². The van der Waals surface area contributed by atoms with E-state index in [-0.39, 0.29) is 19.1 Å². The van der Waals surface area contributed by atoms with Crippen LogP contribution >= 0.6 is 0 Å². The normalized spacial score (nSPS) is 12.3. The van der Waals surface area contributed by atoms with Crippen LogP contribution in [0.2, 0.25) is 19.6 Å². The van der Waals surface area contributed by atoms with E-state index < -0.39 is 21.3 Å². The van der Waals surface area contributed by atoms with Crippen LogP contribution in [0.25, 0.3) is 11.1 Å². The van der Waals surface area contributed by atoms with Crippen molar-refractivity contribution in [3.05, 3.63) is 88.0 Å². The third-order valence-corrected chi connectivity index (χ3v) is 7.48. The van der Waals surface area contributed by atoms with E-state index in [2.05, 4.69) is 60.7 Å². The van der Waals surface area contributed by atoms with Gasteiger partial charge in [-0.05, 0) is 58.3 Å². The zero-order valence-corrected chi connectivity index (χ0v) is 22.5. The van der Waals surface area contributed by atoms with Crippen molar-refractivity contribution in [2.45, 2.75) is 46.0 Å². The molecule has 1 amide bonds. The molecule has 0 saturated heterocycles. The second kappa shape index (κ2) is 10.4. The Morgan fingerprint density at radius 3 is 2.14 bits per heavy atom. The summed E-state index contributed by atoms with van der Waals surface area (Å²) in [6, 6.07) is 18.2. The monoisotopic (exact) mass is 497 g/mol. The predicted molar refractivity (Wildman–Crippen MR) is 148 cm³/mol. The number of nitrogens with one attached hydrogen (secondary N) is 1. The van der Waals surface area contributed by atoms with E-state index in [4.69, 9.17) is 4.74 Å². The van der Waals surface area contributed by atoms with E-state index in [1.807, 2.05) is 38.1 Å². The second-order valence-corrected chi connectivity index (χ2v) is 15.1. The minimum atomic E-state index is -1.63. The van der Waals surface area contributed by atoms with Crippen molar-refractivity contribution in [3.8, 4) is 22.6 Å². The standard InChI is InChI=1S/C29H32BNO4Si/c1-19-21(16-28(30(33)34)20(2)22(19)14-15-36(3,4)5)17-31-29(32)35-18-27-25-12-8-6-10-23(25)24-11-7-9-13-26(24)27/h6-13,16,27,33-34H,17-18H2,1-5H3,(H,31,32). The molecule has 4 rings (SSSR count). The van der Waals surface area contributed by atoms with Gasteiger partial charge in [0, 0.05) is 18.0 Å². The van der Waals surface area contributed by atoms with E-state index >= 15 is 0 Å². The molecule has 36 heavy (non-hydrogen) atoms. The quantitative estimate of drug-likeness (QED) is 0.364. The highest BCUT2D eigenvalue weighted by Crippen LogP contribution is 2.44. The minimum absolute atomic E-state index is 0.0103. The van der Waals surface area contributed by atoms with E-state index in [0.717, 1.165) is 33.4 Å². The summed E-state index contributed by atoms with van der Waals surface area (Å²) >= 11 is 0. The Balaban J connectivity index is 1.49. The van der Waals surface area contributed by atoms with Gasteiger partial charge in [-0.15, -0.1) is 5.54 Å². The maximum atomic E-state index is 12.7. The van der Waals surface area contributed by atoms with Crippen molar-refractivity contribution < 1.29 is 19.6 Å². The molecular formula is C29H32BNO4Si. The van der Waals surface area contributed by atoms with E-state index in [1.54, 1.807) is 6.07 Å². The van der Waals surface area contributed by atoms with Gasteiger partial charge in [-0.3, -0.25) is 0 Å². The van der Waals surface area contributed by atoms with Crippen molar-refractivity contribution >= 4 is 26.7 Å². The molecule has 0 unspecified atom stereocenters. The molecule has 0 atom stereocenters. The highest BCUT2D eigenvalue weighted by atomic mass is 28.3. The number of rotatable bonds is 5. The third-order valence-electron chi connectivity index (χ3n) is 6.60. The molecule has 0 aromatic heterocycles. The lowest BCUT2D eigenvalue weighted by atomic mass is 9.74. The maximum absolute atomic E-state index is 12.7. The molecule has 1 aliphatic rings. The summed E-state index contributed by atoms with van der Waals surface area (Å²) in [5.74, 6) is 3.26. The molecule has 0 radical (unpaired) electrons. The Hall–Kier alpha value is -3.31. The molecule has 0 spiro atoms. The molecule has 3 aromatic rings. The summed E-state index contributed by atoms with van der Waals surface area (Å²) < 4.78 is 5.65. The SMILES string of the molecule is Cc1c(CNC(=O)OCC2c3ccccc3-c3ccccc32)cc(B(O)O)c(C)c1C#C[Si](C)(C)C. The Morgan fingerprint density at radius 2 is 1.58 bits per heavy atom. The molecule has 184 valence electrons. The number of hydrogen-bond acceptors (Lipinski definition) is 4. The number of carbonyl (C=O) groups is 1. The predicted octanol–water partition coefficient (Wildman–Crippen LogP) is 4.25. The fourth-order valence-electron chi connectivity index (χ4n) is 4.70. The Bertz CT molecular complexity index is 1320. The molecule has 3 N–H and O–H groups in total. The number of ether oxygens (including phenoxy) is 1. The summed E-state index contributed by atoms with van der Waals surface area (Å²) in [6.07, 6.45) is -0.516. The van der Waals surface area contributed by atoms with Crippen molar-refractivity contribution in [3.63, 3.8) is 0 Å². The first-order valence-corrected chi connectivity index (χ1v) is 15.7.